The lowest BCUT2D eigenvalue weighted by molar-refractivity contribution is 0.407. The summed E-state index contributed by atoms with van der Waals surface area (Å²) in [6.45, 7) is 0. The van der Waals surface area contributed by atoms with Crippen LogP contribution in [0.4, 0.5) is 0 Å². The van der Waals surface area contributed by atoms with Crippen molar-refractivity contribution in [3.63, 3.8) is 0 Å². The average Bonchev–Trinajstić information content (AvgIpc) is 3.36. The minimum atomic E-state index is -0.139. The second-order valence-electron chi connectivity index (χ2n) is 9.53. The normalized spacial score (nSPS) is 15.6. The Balaban J connectivity index is 1.61. The van der Waals surface area contributed by atoms with Crippen molar-refractivity contribution in [2.75, 3.05) is 7.11 Å². The summed E-state index contributed by atoms with van der Waals surface area (Å²) in [5.74, 6) is 1.41. The van der Waals surface area contributed by atoms with Gasteiger partial charge in [-0.2, -0.15) is 0 Å². The van der Waals surface area contributed by atoms with Crippen LogP contribution < -0.4 is 10.3 Å². The van der Waals surface area contributed by atoms with Gasteiger partial charge in [-0.05, 0) is 42.5 Å². The van der Waals surface area contributed by atoms with Gasteiger partial charge in [0.1, 0.15) is 5.75 Å². The summed E-state index contributed by atoms with van der Waals surface area (Å²) in [6, 6.07) is 26.6. The summed E-state index contributed by atoms with van der Waals surface area (Å²) < 4.78 is 7.50. The number of benzene rings is 3. The van der Waals surface area contributed by atoms with Gasteiger partial charge < -0.3 is 4.74 Å². The van der Waals surface area contributed by atoms with Gasteiger partial charge in [0, 0.05) is 16.7 Å². The van der Waals surface area contributed by atoms with E-state index in [0.717, 1.165) is 60.4 Å². The van der Waals surface area contributed by atoms with E-state index >= 15 is 0 Å². The van der Waals surface area contributed by atoms with Gasteiger partial charge in [0.15, 0.2) is 5.16 Å². The van der Waals surface area contributed by atoms with Crippen molar-refractivity contribution in [2.24, 2.45) is 0 Å². The molecule has 2 aliphatic rings. The predicted molar refractivity (Wildman–Crippen MR) is 142 cm³/mol. The van der Waals surface area contributed by atoms with Crippen LogP contribution in [0.15, 0.2) is 88.8 Å². The van der Waals surface area contributed by atoms with Crippen LogP contribution in [-0.2, 0) is 17.6 Å². The molecule has 0 bridgehead atoms. The number of ether oxygens (including phenoxy) is 1. The lowest BCUT2D eigenvalue weighted by Gasteiger charge is -2.36. The van der Waals surface area contributed by atoms with Gasteiger partial charge in [0.2, 0.25) is 0 Å². The number of nitrogens with zero attached hydrogens (tertiary/aromatic N) is 2. The Hall–Kier alpha value is -3.31. The molecule has 4 nitrogen and oxygen atoms in total. The van der Waals surface area contributed by atoms with Gasteiger partial charge >= 0.3 is 0 Å². The second-order valence-corrected chi connectivity index (χ2v) is 10.5. The number of aromatic nitrogens is 2. The molecular formula is C30H28N2O2S. The van der Waals surface area contributed by atoms with Gasteiger partial charge in [-0.3, -0.25) is 9.36 Å². The van der Waals surface area contributed by atoms with Crippen molar-refractivity contribution >= 4 is 11.8 Å². The van der Waals surface area contributed by atoms with E-state index in [-0.39, 0.29) is 11.0 Å². The Kier molecular flexibility index (Phi) is 5.73. The second kappa shape index (κ2) is 9.04. The van der Waals surface area contributed by atoms with Crippen LogP contribution in [0, 0.1) is 0 Å². The molecule has 0 unspecified atom stereocenters. The van der Waals surface area contributed by atoms with E-state index in [1.165, 1.54) is 11.1 Å². The third-order valence-corrected chi connectivity index (χ3v) is 8.49. The first-order valence-corrected chi connectivity index (χ1v) is 13.2. The molecule has 6 rings (SSSR count). The van der Waals surface area contributed by atoms with E-state index < -0.39 is 0 Å². The summed E-state index contributed by atoms with van der Waals surface area (Å²) in [4.78, 5) is 19.8. The number of hydrogen-bond acceptors (Lipinski definition) is 4. The molecule has 1 spiro atoms. The third kappa shape index (κ3) is 3.79. The lowest BCUT2D eigenvalue weighted by Crippen LogP contribution is -2.40. The van der Waals surface area contributed by atoms with Gasteiger partial charge in [-0.1, -0.05) is 91.3 Å². The van der Waals surface area contributed by atoms with Crippen molar-refractivity contribution < 1.29 is 4.74 Å². The molecule has 2 aliphatic carbocycles. The quantitative estimate of drug-likeness (QED) is 0.239. The third-order valence-electron chi connectivity index (χ3n) is 7.48. The SMILES string of the molecule is COc1ccccc1-n1c(SCc2ccccc2)nc2c(c1=O)C1(CCCC1)Cc1ccccc1-2. The van der Waals surface area contributed by atoms with Crippen molar-refractivity contribution in [2.45, 2.75) is 48.4 Å². The van der Waals surface area contributed by atoms with Crippen molar-refractivity contribution in [3.05, 3.63) is 106 Å². The smallest absolute Gasteiger partial charge is 0.263 e. The summed E-state index contributed by atoms with van der Waals surface area (Å²) >= 11 is 1.60. The standard InChI is InChI=1S/C30H28N2O2S/c1-34-25-16-8-7-15-24(25)32-28(33)26-27(31-29(32)35-20-21-11-3-2-4-12-21)23-14-6-5-13-22(23)19-30(26)17-9-10-18-30/h2-8,11-16H,9-10,17-20H2,1H3. The highest BCUT2D eigenvalue weighted by Crippen LogP contribution is 2.50. The highest BCUT2D eigenvalue weighted by molar-refractivity contribution is 7.98. The van der Waals surface area contributed by atoms with Crippen LogP contribution in [0.2, 0.25) is 0 Å². The van der Waals surface area contributed by atoms with Crippen LogP contribution in [0.3, 0.4) is 0 Å². The van der Waals surface area contributed by atoms with Gasteiger partial charge in [0.25, 0.3) is 5.56 Å². The first kappa shape index (κ1) is 22.2. The topological polar surface area (TPSA) is 44.1 Å². The van der Waals surface area contributed by atoms with Gasteiger partial charge in [-0.25, -0.2) is 4.98 Å². The zero-order chi connectivity index (χ0) is 23.8. The van der Waals surface area contributed by atoms with E-state index in [4.69, 9.17) is 9.72 Å². The fourth-order valence-corrected chi connectivity index (χ4v) is 6.81. The number of fused-ring (bicyclic) bond motifs is 4. The van der Waals surface area contributed by atoms with Gasteiger partial charge in [-0.15, -0.1) is 0 Å². The van der Waals surface area contributed by atoms with Gasteiger partial charge in [0.05, 0.1) is 24.1 Å². The molecule has 1 aromatic heterocycles. The molecule has 176 valence electrons. The average molecular weight is 481 g/mol. The maximum atomic E-state index is 14.5. The van der Waals surface area contributed by atoms with Crippen molar-refractivity contribution in [3.8, 4) is 22.7 Å². The molecular weight excluding hydrogens is 452 g/mol. The first-order chi connectivity index (χ1) is 17.2. The number of thioether (sulfide) groups is 1. The molecule has 1 saturated carbocycles. The van der Waals surface area contributed by atoms with E-state index in [1.54, 1.807) is 23.4 Å². The summed E-state index contributed by atoms with van der Waals surface area (Å²) in [5.41, 5.74) is 6.03. The van der Waals surface area contributed by atoms with Crippen molar-refractivity contribution in [1.29, 1.82) is 0 Å². The van der Waals surface area contributed by atoms with E-state index in [0.29, 0.717) is 10.9 Å². The Morgan fingerprint density at radius 3 is 2.46 bits per heavy atom. The Morgan fingerprint density at radius 1 is 0.943 bits per heavy atom. The zero-order valence-electron chi connectivity index (χ0n) is 19.9. The molecule has 5 heteroatoms. The molecule has 0 aliphatic heterocycles. The van der Waals surface area contributed by atoms with E-state index in [9.17, 15) is 4.79 Å². The highest BCUT2D eigenvalue weighted by atomic mass is 32.2. The number of rotatable bonds is 5. The summed E-state index contributed by atoms with van der Waals surface area (Å²) in [5, 5.41) is 0.701. The molecule has 3 aromatic carbocycles. The van der Waals surface area contributed by atoms with E-state index in [2.05, 4.69) is 36.4 Å². The van der Waals surface area contributed by atoms with Crippen LogP contribution >= 0.6 is 11.8 Å². The summed E-state index contributed by atoms with van der Waals surface area (Å²) in [7, 11) is 1.65. The number of hydrogen-bond donors (Lipinski definition) is 0. The Labute approximate surface area is 210 Å². The van der Waals surface area contributed by atoms with Crippen LogP contribution in [0.25, 0.3) is 16.9 Å². The number of methoxy groups -OCH3 is 1. The maximum Gasteiger partial charge on any atom is 0.263 e. The molecule has 1 fully saturated rings. The van der Waals surface area contributed by atoms with Crippen LogP contribution in [0.1, 0.15) is 42.4 Å². The summed E-state index contributed by atoms with van der Waals surface area (Å²) in [6.07, 6.45) is 5.29. The molecule has 0 N–H and O–H groups in total. The van der Waals surface area contributed by atoms with Crippen molar-refractivity contribution in [1.82, 2.24) is 9.55 Å². The fourth-order valence-electron chi connectivity index (χ4n) is 5.86. The lowest BCUT2D eigenvalue weighted by atomic mass is 9.68. The fraction of sp³-hybridized carbons (Fsp3) is 0.267. The molecule has 4 aromatic rings. The number of para-hydroxylation sites is 2. The molecule has 0 radical (unpaired) electrons. The molecule has 0 atom stereocenters. The Bertz CT molecular complexity index is 1440. The first-order valence-electron chi connectivity index (χ1n) is 12.3. The molecule has 35 heavy (non-hydrogen) atoms. The highest BCUT2D eigenvalue weighted by Gasteiger charge is 2.44. The maximum absolute atomic E-state index is 14.5. The molecule has 0 saturated heterocycles. The Morgan fingerprint density at radius 2 is 1.66 bits per heavy atom. The van der Waals surface area contributed by atoms with E-state index in [1.807, 2.05) is 42.5 Å². The minimum Gasteiger partial charge on any atom is -0.495 e. The van der Waals surface area contributed by atoms with Crippen LogP contribution in [-0.4, -0.2) is 16.7 Å². The minimum absolute atomic E-state index is 0.0477. The largest absolute Gasteiger partial charge is 0.495 e. The monoisotopic (exact) mass is 480 g/mol. The molecule has 0 amide bonds. The van der Waals surface area contributed by atoms with Crippen LogP contribution in [0.5, 0.6) is 5.75 Å². The predicted octanol–water partition coefficient (Wildman–Crippen LogP) is 6.57. The zero-order valence-corrected chi connectivity index (χ0v) is 20.7. The molecule has 1 heterocycles.